The first kappa shape index (κ1) is 11.9. The first-order valence-corrected chi connectivity index (χ1v) is 5.80. The van der Waals surface area contributed by atoms with Crippen molar-refractivity contribution in [2.75, 3.05) is 31.1 Å². The molecular weight excluding hydrogens is 216 g/mol. The summed E-state index contributed by atoms with van der Waals surface area (Å²) in [5, 5.41) is 3.31. The molecule has 1 aromatic carbocycles. The van der Waals surface area contributed by atoms with E-state index in [1.807, 2.05) is 19.1 Å². The number of hydrazine groups is 1. The second kappa shape index (κ2) is 5.16. The van der Waals surface area contributed by atoms with Crippen molar-refractivity contribution in [3.05, 3.63) is 29.3 Å². The quantitative estimate of drug-likeness (QED) is 0.383. The number of piperazine rings is 1. The van der Waals surface area contributed by atoms with Gasteiger partial charge < -0.3 is 10.2 Å². The molecule has 1 saturated heterocycles. The number of anilines is 1. The van der Waals surface area contributed by atoms with Gasteiger partial charge in [0.05, 0.1) is 0 Å². The molecule has 0 bridgehead atoms. The van der Waals surface area contributed by atoms with Crippen LogP contribution >= 0.6 is 0 Å². The van der Waals surface area contributed by atoms with Crippen LogP contribution in [0.4, 0.5) is 5.69 Å². The van der Waals surface area contributed by atoms with Gasteiger partial charge in [0.15, 0.2) is 0 Å². The Labute approximate surface area is 101 Å². The fraction of sp³-hybridized carbons (Fsp3) is 0.417. The number of rotatable bonds is 2. The molecule has 1 amide bonds. The molecule has 4 N–H and O–H groups in total. The van der Waals surface area contributed by atoms with E-state index in [4.69, 9.17) is 5.84 Å². The zero-order valence-corrected chi connectivity index (χ0v) is 9.99. The van der Waals surface area contributed by atoms with Crippen LogP contribution in [0.25, 0.3) is 0 Å². The minimum atomic E-state index is -0.237. The summed E-state index contributed by atoms with van der Waals surface area (Å²) in [4.78, 5) is 13.9. The fourth-order valence-corrected chi connectivity index (χ4v) is 2.20. The number of nitrogens with zero attached hydrogens (tertiary/aromatic N) is 1. The van der Waals surface area contributed by atoms with Gasteiger partial charge in [0.2, 0.25) is 0 Å². The van der Waals surface area contributed by atoms with Crippen LogP contribution in [0.5, 0.6) is 0 Å². The van der Waals surface area contributed by atoms with Crippen molar-refractivity contribution in [1.82, 2.24) is 10.7 Å². The highest BCUT2D eigenvalue weighted by Crippen LogP contribution is 2.23. The van der Waals surface area contributed by atoms with Gasteiger partial charge in [-0.05, 0) is 24.6 Å². The lowest BCUT2D eigenvalue weighted by molar-refractivity contribution is 0.0953. The number of hydrogen-bond acceptors (Lipinski definition) is 4. The van der Waals surface area contributed by atoms with E-state index in [-0.39, 0.29) is 5.91 Å². The van der Waals surface area contributed by atoms with E-state index in [1.54, 1.807) is 6.07 Å². The Hall–Kier alpha value is -1.59. The molecule has 0 spiro atoms. The van der Waals surface area contributed by atoms with Gasteiger partial charge >= 0.3 is 0 Å². The van der Waals surface area contributed by atoms with E-state index >= 15 is 0 Å². The molecule has 1 aliphatic rings. The Kier molecular flexibility index (Phi) is 3.61. The zero-order chi connectivity index (χ0) is 12.3. The number of hydrogen-bond donors (Lipinski definition) is 3. The molecule has 0 unspecified atom stereocenters. The predicted octanol–water partition coefficient (Wildman–Crippen LogP) is 0.00812. The molecule has 0 saturated carbocycles. The standard InChI is InChI=1S/C12H18N4O/c1-9-10(12(17)15-13)3-2-4-11(9)16-7-5-14-6-8-16/h2-4,14H,5-8,13H2,1H3,(H,15,17). The highest BCUT2D eigenvalue weighted by Gasteiger charge is 2.16. The highest BCUT2D eigenvalue weighted by molar-refractivity contribution is 5.96. The molecule has 17 heavy (non-hydrogen) atoms. The monoisotopic (exact) mass is 234 g/mol. The Morgan fingerprint density at radius 2 is 2.12 bits per heavy atom. The second-order valence-corrected chi connectivity index (χ2v) is 4.16. The van der Waals surface area contributed by atoms with E-state index in [0.717, 1.165) is 37.4 Å². The number of carbonyl (C=O) groups excluding carboxylic acids is 1. The largest absolute Gasteiger partial charge is 0.369 e. The summed E-state index contributed by atoms with van der Waals surface area (Å²) >= 11 is 0. The maximum absolute atomic E-state index is 11.6. The molecule has 0 radical (unpaired) electrons. The van der Waals surface area contributed by atoms with Crippen LogP contribution < -0.4 is 21.5 Å². The van der Waals surface area contributed by atoms with E-state index < -0.39 is 0 Å². The van der Waals surface area contributed by atoms with Gasteiger partial charge in [-0.1, -0.05) is 6.07 Å². The summed E-state index contributed by atoms with van der Waals surface area (Å²) in [6.45, 7) is 5.85. The topological polar surface area (TPSA) is 70.4 Å². The summed E-state index contributed by atoms with van der Waals surface area (Å²) < 4.78 is 0. The molecule has 0 aliphatic carbocycles. The lowest BCUT2D eigenvalue weighted by Crippen LogP contribution is -2.44. The van der Waals surface area contributed by atoms with Crippen LogP contribution in [0.15, 0.2) is 18.2 Å². The second-order valence-electron chi connectivity index (χ2n) is 4.16. The van der Waals surface area contributed by atoms with Crippen LogP contribution in [0.2, 0.25) is 0 Å². The van der Waals surface area contributed by atoms with Crippen LogP contribution in [0.3, 0.4) is 0 Å². The average molecular weight is 234 g/mol. The third-order valence-corrected chi connectivity index (χ3v) is 3.14. The third-order valence-electron chi connectivity index (χ3n) is 3.14. The van der Waals surface area contributed by atoms with Crippen molar-refractivity contribution in [3.8, 4) is 0 Å². The van der Waals surface area contributed by atoms with Crippen molar-refractivity contribution >= 4 is 11.6 Å². The lowest BCUT2D eigenvalue weighted by atomic mass is 10.0. The maximum atomic E-state index is 11.6. The number of carbonyl (C=O) groups is 1. The molecule has 2 rings (SSSR count). The van der Waals surface area contributed by atoms with Gasteiger partial charge in [-0.15, -0.1) is 0 Å². The van der Waals surface area contributed by atoms with Crippen molar-refractivity contribution < 1.29 is 4.79 Å². The molecule has 5 nitrogen and oxygen atoms in total. The lowest BCUT2D eigenvalue weighted by Gasteiger charge is -2.31. The van der Waals surface area contributed by atoms with Crippen LogP contribution in [0.1, 0.15) is 15.9 Å². The van der Waals surface area contributed by atoms with Gasteiger partial charge in [-0.3, -0.25) is 10.2 Å². The number of benzene rings is 1. The van der Waals surface area contributed by atoms with Crippen molar-refractivity contribution in [2.24, 2.45) is 5.84 Å². The fourth-order valence-electron chi connectivity index (χ4n) is 2.20. The van der Waals surface area contributed by atoms with E-state index in [9.17, 15) is 4.79 Å². The SMILES string of the molecule is Cc1c(C(=O)NN)cccc1N1CCNCC1. The molecule has 92 valence electrons. The minimum absolute atomic E-state index is 0.237. The summed E-state index contributed by atoms with van der Waals surface area (Å²) in [7, 11) is 0. The van der Waals surface area contributed by atoms with Gasteiger partial charge in [0, 0.05) is 37.4 Å². The molecular formula is C12H18N4O. The molecule has 1 aromatic rings. The molecule has 0 atom stereocenters. The third kappa shape index (κ3) is 2.40. The summed E-state index contributed by atoms with van der Waals surface area (Å²) in [5.74, 6) is 4.94. The van der Waals surface area contributed by atoms with Crippen LogP contribution in [-0.4, -0.2) is 32.1 Å². The maximum Gasteiger partial charge on any atom is 0.265 e. The molecule has 1 heterocycles. The van der Waals surface area contributed by atoms with Crippen molar-refractivity contribution in [1.29, 1.82) is 0 Å². The zero-order valence-electron chi connectivity index (χ0n) is 9.99. The van der Waals surface area contributed by atoms with Gasteiger partial charge in [0.1, 0.15) is 0 Å². The van der Waals surface area contributed by atoms with Crippen LogP contribution in [0, 0.1) is 6.92 Å². The first-order valence-electron chi connectivity index (χ1n) is 5.80. The Balaban J connectivity index is 2.31. The van der Waals surface area contributed by atoms with E-state index in [1.165, 1.54) is 0 Å². The number of nitrogens with one attached hydrogen (secondary N) is 2. The number of amides is 1. The summed E-state index contributed by atoms with van der Waals surface area (Å²) in [6, 6.07) is 5.74. The number of nitrogens with two attached hydrogens (primary N) is 1. The predicted molar refractivity (Wildman–Crippen MR) is 67.9 cm³/mol. The molecule has 5 heteroatoms. The van der Waals surface area contributed by atoms with E-state index in [0.29, 0.717) is 5.56 Å². The molecule has 1 fully saturated rings. The van der Waals surface area contributed by atoms with Crippen LogP contribution in [-0.2, 0) is 0 Å². The van der Waals surface area contributed by atoms with Crippen molar-refractivity contribution in [2.45, 2.75) is 6.92 Å². The summed E-state index contributed by atoms with van der Waals surface area (Å²) in [6.07, 6.45) is 0. The molecule has 0 aromatic heterocycles. The minimum Gasteiger partial charge on any atom is -0.369 e. The van der Waals surface area contributed by atoms with E-state index in [2.05, 4.69) is 15.6 Å². The van der Waals surface area contributed by atoms with Gasteiger partial charge in [-0.25, -0.2) is 5.84 Å². The smallest absolute Gasteiger partial charge is 0.265 e. The highest BCUT2D eigenvalue weighted by atomic mass is 16.2. The summed E-state index contributed by atoms with van der Waals surface area (Å²) in [5.41, 5.74) is 4.93. The van der Waals surface area contributed by atoms with Gasteiger partial charge in [0.25, 0.3) is 5.91 Å². The number of nitrogen functional groups attached to an aromatic ring is 1. The Bertz CT molecular complexity index is 413. The first-order chi connectivity index (χ1) is 8.24. The Morgan fingerprint density at radius 1 is 1.41 bits per heavy atom. The van der Waals surface area contributed by atoms with Gasteiger partial charge in [-0.2, -0.15) is 0 Å². The average Bonchev–Trinajstić information content (AvgIpc) is 2.39. The van der Waals surface area contributed by atoms with Crippen molar-refractivity contribution in [3.63, 3.8) is 0 Å². The molecule has 1 aliphatic heterocycles. The Morgan fingerprint density at radius 3 is 2.76 bits per heavy atom. The normalized spacial score (nSPS) is 15.8.